The van der Waals surface area contributed by atoms with Crippen LogP contribution in [0.25, 0.3) is 0 Å². The maximum absolute atomic E-state index is 11.9. The summed E-state index contributed by atoms with van der Waals surface area (Å²) in [6.45, 7) is 1.62. The van der Waals surface area contributed by atoms with Crippen LogP contribution in [0, 0.1) is 0 Å². The quantitative estimate of drug-likeness (QED) is 0.838. The van der Waals surface area contributed by atoms with Gasteiger partial charge in [-0.1, -0.05) is 17.7 Å². The van der Waals surface area contributed by atoms with Gasteiger partial charge in [-0.3, -0.25) is 4.79 Å². The Morgan fingerprint density at radius 3 is 2.72 bits per heavy atom. The molecule has 0 amide bonds. The number of carbonyl (C=O) groups is 1. The average molecular weight is 292 g/mol. The molecular formula is C11H14ClNO4S. The van der Waals surface area contributed by atoms with Crippen molar-refractivity contribution in [1.82, 2.24) is 4.72 Å². The Hall–Kier alpha value is -1.11. The Morgan fingerprint density at radius 2 is 2.17 bits per heavy atom. The molecule has 0 aliphatic carbocycles. The van der Waals surface area contributed by atoms with Crippen molar-refractivity contribution in [1.29, 1.82) is 0 Å². The fourth-order valence-corrected chi connectivity index (χ4v) is 2.94. The molecule has 0 saturated carbocycles. The Kier molecular flexibility index (Phi) is 5.13. The lowest BCUT2D eigenvalue weighted by Gasteiger charge is -2.13. The molecule has 0 saturated heterocycles. The first-order valence-corrected chi connectivity index (χ1v) is 7.17. The SMILES string of the molecule is CC(CCC(=O)O)NS(=O)(=O)c1cccc(Cl)c1. The number of nitrogens with one attached hydrogen (secondary N) is 1. The summed E-state index contributed by atoms with van der Waals surface area (Å²) in [7, 11) is -3.66. The van der Waals surface area contributed by atoms with Crippen molar-refractivity contribution in [3.8, 4) is 0 Å². The van der Waals surface area contributed by atoms with E-state index in [0.29, 0.717) is 5.02 Å². The van der Waals surface area contributed by atoms with Gasteiger partial charge in [0.15, 0.2) is 0 Å². The lowest BCUT2D eigenvalue weighted by atomic mass is 10.2. The number of aliphatic carboxylic acids is 1. The second-order valence-electron chi connectivity index (χ2n) is 3.91. The molecule has 18 heavy (non-hydrogen) atoms. The molecule has 0 aliphatic heterocycles. The molecule has 0 spiro atoms. The first-order chi connectivity index (χ1) is 8.31. The number of halogens is 1. The Morgan fingerprint density at radius 1 is 1.50 bits per heavy atom. The smallest absolute Gasteiger partial charge is 0.303 e. The van der Waals surface area contributed by atoms with Crippen molar-refractivity contribution in [3.05, 3.63) is 29.3 Å². The van der Waals surface area contributed by atoms with Crippen LogP contribution in [0.1, 0.15) is 19.8 Å². The number of benzene rings is 1. The van der Waals surface area contributed by atoms with Crippen molar-refractivity contribution in [2.75, 3.05) is 0 Å². The summed E-state index contributed by atoms with van der Waals surface area (Å²) in [5.74, 6) is -0.955. The summed E-state index contributed by atoms with van der Waals surface area (Å²) in [4.78, 5) is 10.5. The zero-order chi connectivity index (χ0) is 13.8. The van der Waals surface area contributed by atoms with Crippen molar-refractivity contribution in [2.45, 2.75) is 30.7 Å². The first-order valence-electron chi connectivity index (χ1n) is 5.31. The number of rotatable bonds is 6. The highest BCUT2D eigenvalue weighted by molar-refractivity contribution is 7.89. The van der Waals surface area contributed by atoms with Gasteiger partial charge in [0, 0.05) is 17.5 Å². The van der Waals surface area contributed by atoms with Gasteiger partial charge >= 0.3 is 5.97 Å². The van der Waals surface area contributed by atoms with Crippen LogP contribution >= 0.6 is 11.6 Å². The van der Waals surface area contributed by atoms with Gasteiger partial charge < -0.3 is 5.11 Å². The van der Waals surface area contributed by atoms with Crippen molar-refractivity contribution in [3.63, 3.8) is 0 Å². The van der Waals surface area contributed by atoms with E-state index in [0.717, 1.165) is 0 Å². The zero-order valence-corrected chi connectivity index (χ0v) is 11.3. The summed E-state index contributed by atoms with van der Waals surface area (Å²) in [6.07, 6.45) is 0.147. The zero-order valence-electron chi connectivity index (χ0n) is 9.76. The van der Waals surface area contributed by atoms with E-state index in [9.17, 15) is 13.2 Å². The number of carboxylic acid groups (broad SMARTS) is 1. The van der Waals surface area contributed by atoms with E-state index in [-0.39, 0.29) is 17.7 Å². The van der Waals surface area contributed by atoms with E-state index >= 15 is 0 Å². The van der Waals surface area contributed by atoms with E-state index < -0.39 is 22.0 Å². The molecule has 0 radical (unpaired) electrons. The molecule has 7 heteroatoms. The largest absolute Gasteiger partial charge is 0.481 e. The standard InChI is InChI=1S/C11H14ClNO4S/c1-8(5-6-11(14)15)13-18(16,17)10-4-2-3-9(12)7-10/h2-4,7-8,13H,5-6H2,1H3,(H,14,15). The second-order valence-corrected chi connectivity index (χ2v) is 6.06. The molecule has 1 atom stereocenters. The third-order valence-electron chi connectivity index (χ3n) is 2.25. The minimum absolute atomic E-state index is 0.0668. The summed E-state index contributed by atoms with van der Waals surface area (Å²) < 4.78 is 26.2. The fourth-order valence-electron chi connectivity index (χ4n) is 1.37. The summed E-state index contributed by atoms with van der Waals surface area (Å²) in [5, 5.41) is 8.85. The van der Waals surface area contributed by atoms with E-state index in [1.165, 1.54) is 12.1 Å². The predicted octanol–water partition coefficient (Wildman–Crippen LogP) is 1.87. The summed E-state index contributed by atoms with van der Waals surface area (Å²) >= 11 is 5.72. The van der Waals surface area contributed by atoms with E-state index in [1.807, 2.05) is 0 Å². The molecule has 0 heterocycles. The monoisotopic (exact) mass is 291 g/mol. The van der Waals surface area contributed by atoms with Gasteiger partial charge in [0.1, 0.15) is 0 Å². The predicted molar refractivity (Wildman–Crippen MR) is 68.1 cm³/mol. The van der Waals surface area contributed by atoms with Crippen molar-refractivity contribution >= 4 is 27.6 Å². The highest BCUT2D eigenvalue weighted by Gasteiger charge is 2.17. The third-order valence-corrected chi connectivity index (χ3v) is 4.08. The molecule has 0 fully saturated rings. The lowest BCUT2D eigenvalue weighted by molar-refractivity contribution is -0.137. The van der Waals surface area contributed by atoms with Crippen molar-refractivity contribution in [2.24, 2.45) is 0 Å². The molecule has 5 nitrogen and oxygen atoms in total. The Bertz CT molecular complexity index is 530. The number of carboxylic acids is 1. The molecule has 1 aromatic carbocycles. The third kappa shape index (κ3) is 4.64. The van der Waals surface area contributed by atoms with Crippen LogP contribution < -0.4 is 4.72 Å². The van der Waals surface area contributed by atoms with Gasteiger partial charge in [-0.2, -0.15) is 0 Å². The summed E-state index contributed by atoms with van der Waals surface area (Å²) in [6, 6.07) is 5.43. The van der Waals surface area contributed by atoms with Crippen LogP contribution in [0.2, 0.25) is 5.02 Å². The second kappa shape index (κ2) is 6.17. The minimum Gasteiger partial charge on any atom is -0.481 e. The van der Waals surface area contributed by atoms with Gasteiger partial charge in [0.25, 0.3) is 0 Å². The number of sulfonamides is 1. The molecule has 0 bridgehead atoms. The van der Waals surface area contributed by atoms with Crippen LogP contribution in [0.15, 0.2) is 29.2 Å². The molecule has 2 N–H and O–H groups in total. The first kappa shape index (κ1) is 14.9. The van der Waals surface area contributed by atoms with E-state index in [4.69, 9.17) is 16.7 Å². The van der Waals surface area contributed by atoms with Gasteiger partial charge in [0.2, 0.25) is 10.0 Å². The topological polar surface area (TPSA) is 83.5 Å². The highest BCUT2D eigenvalue weighted by atomic mass is 35.5. The number of hydrogen-bond acceptors (Lipinski definition) is 3. The molecule has 1 unspecified atom stereocenters. The van der Waals surface area contributed by atoms with Crippen LogP contribution in [-0.2, 0) is 14.8 Å². The van der Waals surface area contributed by atoms with Gasteiger partial charge in [-0.05, 0) is 31.5 Å². The molecule has 0 aliphatic rings. The average Bonchev–Trinajstić information content (AvgIpc) is 2.26. The molecular weight excluding hydrogens is 278 g/mol. The minimum atomic E-state index is -3.66. The molecule has 1 aromatic rings. The van der Waals surface area contributed by atoms with E-state index in [2.05, 4.69) is 4.72 Å². The Balaban J connectivity index is 2.73. The van der Waals surface area contributed by atoms with Crippen LogP contribution in [0.4, 0.5) is 0 Å². The fraction of sp³-hybridized carbons (Fsp3) is 0.364. The normalized spacial score (nSPS) is 13.2. The van der Waals surface area contributed by atoms with Crippen LogP contribution in [-0.4, -0.2) is 25.5 Å². The van der Waals surface area contributed by atoms with E-state index in [1.54, 1.807) is 19.1 Å². The Labute approximate surface area is 111 Å². The van der Waals surface area contributed by atoms with Crippen LogP contribution in [0.3, 0.4) is 0 Å². The molecule has 0 aromatic heterocycles. The molecule has 1 rings (SSSR count). The summed E-state index contributed by atoms with van der Waals surface area (Å²) in [5.41, 5.74) is 0. The highest BCUT2D eigenvalue weighted by Crippen LogP contribution is 2.16. The van der Waals surface area contributed by atoms with Gasteiger partial charge in [0.05, 0.1) is 4.90 Å². The number of hydrogen-bond donors (Lipinski definition) is 2. The maximum Gasteiger partial charge on any atom is 0.303 e. The lowest BCUT2D eigenvalue weighted by Crippen LogP contribution is -2.33. The molecule has 100 valence electrons. The van der Waals surface area contributed by atoms with Crippen LogP contribution in [0.5, 0.6) is 0 Å². The van der Waals surface area contributed by atoms with Gasteiger partial charge in [-0.15, -0.1) is 0 Å². The maximum atomic E-state index is 11.9. The van der Waals surface area contributed by atoms with Gasteiger partial charge in [-0.25, -0.2) is 13.1 Å². The van der Waals surface area contributed by atoms with Crippen molar-refractivity contribution < 1.29 is 18.3 Å².